The second-order valence-electron chi connectivity index (χ2n) is 6.42. The van der Waals surface area contributed by atoms with Crippen LogP contribution in [0.1, 0.15) is 35.8 Å². The summed E-state index contributed by atoms with van der Waals surface area (Å²) in [5.74, 6) is -3.61. The van der Waals surface area contributed by atoms with Crippen LogP contribution in [0.5, 0.6) is 0 Å². The minimum Gasteiger partial charge on any atom is -0.272 e. The molecular weight excluding hydrogens is 332 g/mol. The Hall–Kier alpha value is -3.28. The minimum atomic E-state index is -0.745. The Labute approximate surface area is 150 Å². The van der Waals surface area contributed by atoms with Crippen LogP contribution in [-0.2, 0) is 19.2 Å². The monoisotopic (exact) mass is 348 g/mol. The number of imide groups is 2. The van der Waals surface area contributed by atoms with Crippen LogP contribution in [0, 0.1) is 0 Å². The van der Waals surface area contributed by atoms with Gasteiger partial charge in [-0.3, -0.25) is 19.2 Å². The fourth-order valence-electron chi connectivity index (χ4n) is 3.55. The summed E-state index contributed by atoms with van der Waals surface area (Å²) < 4.78 is 0. The van der Waals surface area contributed by atoms with Crippen molar-refractivity contribution in [2.75, 3.05) is 0 Å². The molecule has 0 aliphatic carbocycles. The number of hydrogen-bond acceptors (Lipinski definition) is 4. The zero-order chi connectivity index (χ0) is 18.3. The van der Waals surface area contributed by atoms with Crippen molar-refractivity contribution >= 4 is 23.6 Å². The number of carbonyl (C=O) groups excluding carboxylic acids is 4. The SMILES string of the molecule is O=C1CC(c2ccccc2)C(=O)N2C(=O)CC(c3ccccc3)C(=O)N12. The lowest BCUT2D eigenvalue weighted by atomic mass is 9.88. The van der Waals surface area contributed by atoms with E-state index in [9.17, 15) is 19.2 Å². The van der Waals surface area contributed by atoms with Crippen LogP contribution in [0.15, 0.2) is 60.7 Å². The summed E-state index contributed by atoms with van der Waals surface area (Å²) in [4.78, 5) is 51.0. The molecule has 2 aromatic carbocycles. The summed E-state index contributed by atoms with van der Waals surface area (Å²) in [6.07, 6.45) is -0.250. The molecule has 2 atom stereocenters. The van der Waals surface area contributed by atoms with Crippen LogP contribution in [0.4, 0.5) is 0 Å². The number of nitrogens with zero attached hydrogens (tertiary/aromatic N) is 2. The molecule has 6 nitrogen and oxygen atoms in total. The molecule has 4 amide bonds. The van der Waals surface area contributed by atoms with Crippen molar-refractivity contribution in [1.82, 2.24) is 10.0 Å². The van der Waals surface area contributed by atoms with E-state index >= 15 is 0 Å². The molecule has 2 aromatic rings. The van der Waals surface area contributed by atoms with Gasteiger partial charge in [0.05, 0.1) is 11.8 Å². The molecule has 2 saturated heterocycles. The quantitative estimate of drug-likeness (QED) is 0.778. The largest absolute Gasteiger partial charge is 0.272 e. The van der Waals surface area contributed by atoms with E-state index in [1.165, 1.54) is 0 Å². The van der Waals surface area contributed by atoms with Crippen molar-refractivity contribution in [2.24, 2.45) is 0 Å². The first-order chi connectivity index (χ1) is 12.6. The first-order valence-corrected chi connectivity index (χ1v) is 8.41. The molecule has 4 rings (SSSR count). The average Bonchev–Trinajstić information content (AvgIpc) is 2.67. The van der Waals surface area contributed by atoms with Crippen molar-refractivity contribution in [1.29, 1.82) is 0 Å². The summed E-state index contributed by atoms with van der Waals surface area (Å²) in [7, 11) is 0. The normalized spacial score (nSPS) is 23.2. The lowest BCUT2D eigenvalue weighted by molar-refractivity contribution is -0.191. The van der Waals surface area contributed by atoms with Gasteiger partial charge in [0, 0.05) is 12.8 Å². The third-order valence-corrected chi connectivity index (χ3v) is 4.85. The number of hydrogen-bond donors (Lipinski definition) is 0. The van der Waals surface area contributed by atoms with Gasteiger partial charge in [0.1, 0.15) is 0 Å². The number of benzene rings is 2. The Balaban J connectivity index is 1.68. The molecule has 6 heteroatoms. The molecule has 2 unspecified atom stereocenters. The topological polar surface area (TPSA) is 74.8 Å². The summed E-state index contributed by atoms with van der Waals surface area (Å²) in [5.41, 5.74) is 1.33. The van der Waals surface area contributed by atoms with Gasteiger partial charge in [0.15, 0.2) is 0 Å². The Kier molecular flexibility index (Phi) is 3.88. The van der Waals surface area contributed by atoms with Crippen LogP contribution < -0.4 is 0 Å². The minimum absolute atomic E-state index is 0.125. The number of hydrazine groups is 1. The van der Waals surface area contributed by atoms with Gasteiger partial charge in [-0.25, -0.2) is 0 Å². The standard InChI is InChI=1S/C20H16N2O4/c23-17-11-15(13-7-3-1-4-8-13)19(25)21-18(24)12-16(20(26)22(17)21)14-9-5-2-6-10-14/h1-10,15-16H,11-12H2. The van der Waals surface area contributed by atoms with E-state index in [-0.39, 0.29) is 12.8 Å². The second-order valence-corrected chi connectivity index (χ2v) is 6.42. The maximum Gasteiger partial charge on any atom is 0.256 e. The number of carbonyl (C=O) groups is 4. The van der Waals surface area contributed by atoms with Crippen molar-refractivity contribution in [3.63, 3.8) is 0 Å². The first-order valence-electron chi connectivity index (χ1n) is 8.41. The highest BCUT2D eigenvalue weighted by molar-refractivity contribution is 6.14. The van der Waals surface area contributed by atoms with E-state index in [4.69, 9.17) is 0 Å². The molecule has 2 aliphatic rings. The second kappa shape index (κ2) is 6.22. The van der Waals surface area contributed by atoms with Gasteiger partial charge in [0.25, 0.3) is 11.8 Å². The Morgan fingerprint density at radius 2 is 0.923 bits per heavy atom. The third kappa shape index (κ3) is 2.50. The molecule has 0 spiro atoms. The lowest BCUT2D eigenvalue weighted by Gasteiger charge is -2.43. The van der Waals surface area contributed by atoms with Crippen LogP contribution in [-0.4, -0.2) is 33.6 Å². The summed E-state index contributed by atoms with van der Waals surface area (Å²) in [6, 6.07) is 17.7. The van der Waals surface area contributed by atoms with Gasteiger partial charge in [-0.15, -0.1) is 0 Å². The van der Waals surface area contributed by atoms with Crippen molar-refractivity contribution in [3.8, 4) is 0 Å². The summed E-state index contributed by atoms with van der Waals surface area (Å²) in [6.45, 7) is 0. The Morgan fingerprint density at radius 1 is 0.577 bits per heavy atom. The van der Waals surface area contributed by atoms with E-state index in [1.807, 2.05) is 12.1 Å². The van der Waals surface area contributed by atoms with Crippen molar-refractivity contribution in [2.45, 2.75) is 24.7 Å². The predicted molar refractivity (Wildman–Crippen MR) is 91.3 cm³/mol. The van der Waals surface area contributed by atoms with Gasteiger partial charge in [-0.2, -0.15) is 10.0 Å². The van der Waals surface area contributed by atoms with Gasteiger partial charge in [0.2, 0.25) is 11.8 Å². The van der Waals surface area contributed by atoms with Crippen LogP contribution in [0.25, 0.3) is 0 Å². The van der Waals surface area contributed by atoms with Crippen molar-refractivity contribution < 1.29 is 19.2 Å². The van der Waals surface area contributed by atoms with Gasteiger partial charge >= 0.3 is 0 Å². The average molecular weight is 348 g/mol. The molecule has 0 aromatic heterocycles. The molecule has 0 radical (unpaired) electrons. The molecule has 130 valence electrons. The zero-order valence-electron chi connectivity index (χ0n) is 13.9. The Morgan fingerprint density at radius 3 is 1.27 bits per heavy atom. The highest BCUT2D eigenvalue weighted by Crippen LogP contribution is 2.36. The van der Waals surface area contributed by atoms with Crippen LogP contribution in [0.2, 0.25) is 0 Å². The number of fused-ring (bicyclic) bond motifs is 1. The molecule has 0 saturated carbocycles. The molecule has 2 aliphatic heterocycles. The van der Waals surface area contributed by atoms with Gasteiger partial charge < -0.3 is 0 Å². The Bertz CT molecular complexity index is 819. The van der Waals surface area contributed by atoms with E-state index in [2.05, 4.69) is 0 Å². The highest BCUT2D eigenvalue weighted by Gasteiger charge is 2.51. The van der Waals surface area contributed by atoms with Gasteiger partial charge in [-0.1, -0.05) is 60.7 Å². The van der Waals surface area contributed by atoms with E-state index < -0.39 is 35.5 Å². The van der Waals surface area contributed by atoms with E-state index in [1.54, 1.807) is 48.5 Å². The number of amides is 4. The van der Waals surface area contributed by atoms with Crippen molar-refractivity contribution in [3.05, 3.63) is 71.8 Å². The molecule has 26 heavy (non-hydrogen) atoms. The van der Waals surface area contributed by atoms with Crippen LogP contribution in [0.3, 0.4) is 0 Å². The van der Waals surface area contributed by atoms with Crippen LogP contribution >= 0.6 is 0 Å². The summed E-state index contributed by atoms with van der Waals surface area (Å²) in [5, 5.41) is 1.48. The third-order valence-electron chi connectivity index (χ3n) is 4.85. The van der Waals surface area contributed by atoms with E-state index in [0.717, 1.165) is 10.0 Å². The maximum atomic E-state index is 12.9. The summed E-state index contributed by atoms with van der Waals surface area (Å²) >= 11 is 0. The molecule has 0 bridgehead atoms. The fraction of sp³-hybridized carbons (Fsp3) is 0.200. The smallest absolute Gasteiger partial charge is 0.256 e. The predicted octanol–water partition coefficient (Wildman–Crippen LogP) is 1.99. The maximum absolute atomic E-state index is 12.9. The lowest BCUT2D eigenvalue weighted by Crippen LogP contribution is -2.64. The molecular formula is C20H16N2O4. The molecule has 2 heterocycles. The fourth-order valence-corrected chi connectivity index (χ4v) is 3.55. The van der Waals surface area contributed by atoms with Gasteiger partial charge in [-0.05, 0) is 11.1 Å². The highest BCUT2D eigenvalue weighted by atomic mass is 16.2. The van der Waals surface area contributed by atoms with E-state index in [0.29, 0.717) is 11.1 Å². The zero-order valence-corrected chi connectivity index (χ0v) is 13.9. The first kappa shape index (κ1) is 16.2. The molecule has 0 N–H and O–H groups in total. The molecule has 2 fully saturated rings. The number of rotatable bonds is 2.